The van der Waals surface area contributed by atoms with Gasteiger partial charge in [0.1, 0.15) is 17.5 Å². The molecule has 9 nitrogen and oxygen atoms in total. The second-order valence-corrected chi connectivity index (χ2v) is 9.42. The summed E-state index contributed by atoms with van der Waals surface area (Å²) in [5.41, 5.74) is 4.62. The molecular formula is C31H34N6O3. The molecule has 3 aromatic carbocycles. The number of hydrogen-bond donors (Lipinski definition) is 2. The average Bonchev–Trinajstić information content (AvgIpc) is 3.41. The van der Waals surface area contributed by atoms with Crippen LogP contribution < -0.4 is 25.0 Å². The van der Waals surface area contributed by atoms with E-state index < -0.39 is 6.04 Å². The monoisotopic (exact) mass is 538 g/mol. The minimum Gasteiger partial charge on any atom is -0.497 e. The Balaban J connectivity index is 1.61. The number of anilines is 3. The molecule has 0 spiro atoms. The maximum atomic E-state index is 13.8. The number of allylic oxidation sites excluding steroid dienone is 1. The van der Waals surface area contributed by atoms with E-state index in [9.17, 15) is 4.79 Å². The molecule has 206 valence electrons. The standard InChI is InChI=1S/C31H34N6O3/c1-6-36(7-2)23-15-13-21(14-16-23)29-34-31-32-20(3)27(30(38)33-22-11-9-8-10-12-22)28(37(31)35-29)25-19-24(39-4)17-18-26(25)40-5/h8-19,28H,6-7H2,1-5H3,(H,33,38)(H,32,34,35). The molecule has 0 aliphatic carbocycles. The van der Waals surface area contributed by atoms with E-state index in [0.29, 0.717) is 40.2 Å². The van der Waals surface area contributed by atoms with Gasteiger partial charge in [-0.05, 0) is 75.4 Å². The van der Waals surface area contributed by atoms with E-state index >= 15 is 0 Å². The highest BCUT2D eigenvalue weighted by Crippen LogP contribution is 2.41. The Morgan fingerprint density at radius 1 is 1.00 bits per heavy atom. The molecule has 40 heavy (non-hydrogen) atoms. The summed E-state index contributed by atoms with van der Waals surface area (Å²) in [6.07, 6.45) is 0. The fourth-order valence-electron chi connectivity index (χ4n) is 5.04. The number of aromatic nitrogens is 3. The van der Waals surface area contributed by atoms with Crippen molar-refractivity contribution in [3.05, 3.63) is 89.6 Å². The zero-order valence-corrected chi connectivity index (χ0v) is 23.4. The quantitative estimate of drug-likeness (QED) is 0.281. The van der Waals surface area contributed by atoms with Crippen LogP contribution in [0, 0.1) is 0 Å². The minimum absolute atomic E-state index is 0.252. The highest BCUT2D eigenvalue weighted by Gasteiger charge is 2.36. The van der Waals surface area contributed by atoms with E-state index in [1.165, 1.54) is 0 Å². The van der Waals surface area contributed by atoms with Crippen molar-refractivity contribution >= 4 is 23.2 Å². The number of methoxy groups -OCH3 is 2. The van der Waals surface area contributed by atoms with E-state index in [1.54, 1.807) is 18.9 Å². The van der Waals surface area contributed by atoms with Gasteiger partial charge in [-0.1, -0.05) is 18.2 Å². The molecule has 0 saturated heterocycles. The molecule has 2 heterocycles. The van der Waals surface area contributed by atoms with Gasteiger partial charge in [-0.15, -0.1) is 5.10 Å². The second kappa shape index (κ2) is 11.5. The van der Waals surface area contributed by atoms with Crippen molar-refractivity contribution in [1.29, 1.82) is 0 Å². The van der Waals surface area contributed by atoms with E-state index in [4.69, 9.17) is 19.6 Å². The van der Waals surface area contributed by atoms with E-state index in [2.05, 4.69) is 41.5 Å². The third-order valence-corrected chi connectivity index (χ3v) is 7.11. The Bertz CT molecular complexity index is 1520. The van der Waals surface area contributed by atoms with Crippen molar-refractivity contribution in [2.75, 3.05) is 42.8 Å². The van der Waals surface area contributed by atoms with Crippen LogP contribution in [0.3, 0.4) is 0 Å². The normalized spacial score (nSPS) is 14.3. The first-order chi connectivity index (χ1) is 19.5. The van der Waals surface area contributed by atoms with Gasteiger partial charge >= 0.3 is 0 Å². The summed E-state index contributed by atoms with van der Waals surface area (Å²) < 4.78 is 13.0. The summed E-state index contributed by atoms with van der Waals surface area (Å²) in [5, 5.41) is 11.3. The Morgan fingerprint density at radius 2 is 1.73 bits per heavy atom. The number of hydrogen-bond acceptors (Lipinski definition) is 7. The number of nitrogens with one attached hydrogen (secondary N) is 2. The summed E-state index contributed by atoms with van der Waals surface area (Å²) in [6.45, 7) is 8.01. The van der Waals surface area contributed by atoms with Crippen molar-refractivity contribution < 1.29 is 14.3 Å². The fraction of sp³-hybridized carbons (Fsp3) is 0.258. The first kappa shape index (κ1) is 26.8. The molecule has 1 aliphatic rings. The number of rotatable bonds is 9. The first-order valence-electron chi connectivity index (χ1n) is 13.3. The number of amides is 1. The summed E-state index contributed by atoms with van der Waals surface area (Å²) in [7, 11) is 3.22. The predicted octanol–water partition coefficient (Wildman–Crippen LogP) is 5.74. The highest BCUT2D eigenvalue weighted by molar-refractivity contribution is 6.06. The number of benzene rings is 3. The van der Waals surface area contributed by atoms with Gasteiger partial charge in [0.05, 0.1) is 19.8 Å². The maximum Gasteiger partial charge on any atom is 0.255 e. The maximum absolute atomic E-state index is 13.8. The second-order valence-electron chi connectivity index (χ2n) is 9.42. The molecule has 0 saturated carbocycles. The van der Waals surface area contributed by atoms with Crippen LogP contribution in [0.5, 0.6) is 11.5 Å². The molecular weight excluding hydrogens is 504 g/mol. The molecule has 1 aliphatic heterocycles. The van der Waals surface area contributed by atoms with Gasteiger partial charge in [0.2, 0.25) is 5.95 Å². The van der Waals surface area contributed by atoms with Gasteiger partial charge in [-0.25, -0.2) is 4.68 Å². The topological polar surface area (TPSA) is 93.5 Å². The van der Waals surface area contributed by atoms with Gasteiger partial charge in [0, 0.05) is 41.3 Å². The van der Waals surface area contributed by atoms with Crippen molar-refractivity contribution in [3.8, 4) is 22.9 Å². The lowest BCUT2D eigenvalue weighted by Gasteiger charge is -2.29. The summed E-state index contributed by atoms with van der Waals surface area (Å²) >= 11 is 0. The van der Waals surface area contributed by atoms with Crippen LogP contribution in [0.1, 0.15) is 32.4 Å². The Labute approximate surface area is 234 Å². The van der Waals surface area contributed by atoms with Gasteiger partial charge in [0.15, 0.2) is 5.82 Å². The number of fused-ring (bicyclic) bond motifs is 1. The van der Waals surface area contributed by atoms with Crippen molar-refractivity contribution in [1.82, 2.24) is 14.8 Å². The zero-order chi connectivity index (χ0) is 28.2. The Morgan fingerprint density at radius 3 is 2.38 bits per heavy atom. The minimum atomic E-state index is -0.624. The van der Waals surface area contributed by atoms with Crippen LogP contribution in [-0.4, -0.2) is 48.0 Å². The molecule has 1 aromatic heterocycles. The number of nitrogens with zero attached hydrogens (tertiary/aromatic N) is 4. The number of ether oxygens (including phenoxy) is 2. The summed E-state index contributed by atoms with van der Waals surface area (Å²) in [4.78, 5) is 20.9. The lowest BCUT2D eigenvalue weighted by atomic mass is 9.94. The number of carbonyl (C=O) groups is 1. The lowest BCUT2D eigenvalue weighted by Crippen LogP contribution is -2.31. The van der Waals surface area contributed by atoms with Crippen LogP contribution in [-0.2, 0) is 4.79 Å². The predicted molar refractivity (Wildman–Crippen MR) is 158 cm³/mol. The Hall–Kier alpha value is -4.79. The van der Waals surface area contributed by atoms with Crippen LogP contribution in [0.2, 0.25) is 0 Å². The van der Waals surface area contributed by atoms with Crippen LogP contribution >= 0.6 is 0 Å². The first-order valence-corrected chi connectivity index (χ1v) is 13.3. The number of carbonyl (C=O) groups excluding carboxylic acids is 1. The van der Waals surface area contributed by atoms with Crippen LogP contribution in [0.25, 0.3) is 11.4 Å². The molecule has 0 bridgehead atoms. The third-order valence-electron chi connectivity index (χ3n) is 7.11. The molecule has 9 heteroatoms. The molecule has 0 fully saturated rings. The van der Waals surface area contributed by atoms with Crippen molar-refractivity contribution in [3.63, 3.8) is 0 Å². The molecule has 1 unspecified atom stereocenters. The fourth-order valence-corrected chi connectivity index (χ4v) is 5.04. The smallest absolute Gasteiger partial charge is 0.255 e. The Kier molecular flexibility index (Phi) is 7.72. The largest absolute Gasteiger partial charge is 0.497 e. The summed E-state index contributed by atoms with van der Waals surface area (Å²) in [5.74, 6) is 2.09. The van der Waals surface area contributed by atoms with E-state index in [-0.39, 0.29) is 5.91 Å². The van der Waals surface area contributed by atoms with Gasteiger partial charge in [-0.3, -0.25) is 4.79 Å². The van der Waals surface area contributed by atoms with Gasteiger partial charge in [-0.2, -0.15) is 4.98 Å². The lowest BCUT2D eigenvalue weighted by molar-refractivity contribution is -0.113. The van der Waals surface area contributed by atoms with Gasteiger partial charge < -0.3 is 25.0 Å². The van der Waals surface area contributed by atoms with Gasteiger partial charge in [0.25, 0.3) is 5.91 Å². The van der Waals surface area contributed by atoms with Crippen LogP contribution in [0.15, 0.2) is 84.1 Å². The van der Waals surface area contributed by atoms with Crippen molar-refractivity contribution in [2.45, 2.75) is 26.8 Å². The van der Waals surface area contributed by atoms with E-state index in [0.717, 1.165) is 29.9 Å². The van der Waals surface area contributed by atoms with Crippen LogP contribution in [0.4, 0.5) is 17.3 Å². The van der Waals surface area contributed by atoms with E-state index in [1.807, 2.05) is 67.6 Å². The molecule has 1 amide bonds. The van der Waals surface area contributed by atoms with Crippen molar-refractivity contribution in [2.24, 2.45) is 0 Å². The zero-order valence-electron chi connectivity index (χ0n) is 23.4. The number of para-hydroxylation sites is 1. The molecule has 5 rings (SSSR count). The molecule has 4 aromatic rings. The SMILES string of the molecule is CCN(CC)c1ccc(-c2nc3n(n2)C(c2cc(OC)ccc2OC)C(C(=O)Nc2ccccc2)=C(C)N3)cc1. The average molecular weight is 539 g/mol. The molecule has 0 radical (unpaired) electrons. The molecule has 1 atom stereocenters. The summed E-state index contributed by atoms with van der Waals surface area (Å²) in [6, 6.07) is 22.5. The molecule has 2 N–H and O–H groups in total. The third kappa shape index (κ3) is 5.10. The highest BCUT2D eigenvalue weighted by atomic mass is 16.5.